The summed E-state index contributed by atoms with van der Waals surface area (Å²) < 4.78 is 4.53. The lowest BCUT2D eigenvalue weighted by atomic mass is 9.95. The summed E-state index contributed by atoms with van der Waals surface area (Å²) in [6, 6.07) is 0.0627. The average molecular weight is 256 g/mol. The summed E-state index contributed by atoms with van der Waals surface area (Å²) in [6.07, 6.45) is 6.14. The first-order chi connectivity index (χ1) is 8.63. The van der Waals surface area contributed by atoms with E-state index >= 15 is 0 Å². The molecule has 5 nitrogen and oxygen atoms in total. The minimum absolute atomic E-state index is 0.0202. The van der Waals surface area contributed by atoms with Crippen molar-refractivity contribution in [2.75, 3.05) is 13.7 Å². The summed E-state index contributed by atoms with van der Waals surface area (Å²) in [5.74, 6) is -0.242. The van der Waals surface area contributed by atoms with Crippen LogP contribution < -0.4 is 10.6 Å². The second kappa shape index (κ2) is 8.08. The Bertz CT molecular complexity index is 275. The van der Waals surface area contributed by atoms with Crippen molar-refractivity contribution < 1.29 is 14.3 Å². The van der Waals surface area contributed by atoms with E-state index < -0.39 is 0 Å². The molecule has 1 aliphatic carbocycles. The first-order valence-corrected chi connectivity index (χ1v) is 6.74. The van der Waals surface area contributed by atoms with E-state index in [9.17, 15) is 9.59 Å². The number of amides is 1. The van der Waals surface area contributed by atoms with Crippen molar-refractivity contribution in [2.24, 2.45) is 0 Å². The molecule has 1 amide bonds. The number of rotatable bonds is 6. The molecule has 1 atom stereocenters. The maximum absolute atomic E-state index is 11.9. The first-order valence-electron chi connectivity index (χ1n) is 6.74. The molecular formula is C13H24N2O3. The second-order valence-corrected chi connectivity index (χ2v) is 4.85. The molecule has 2 N–H and O–H groups in total. The molecule has 0 aromatic heterocycles. The second-order valence-electron chi connectivity index (χ2n) is 4.85. The first kappa shape index (κ1) is 15.0. The number of carbonyl (C=O) groups is 2. The monoisotopic (exact) mass is 256 g/mol. The van der Waals surface area contributed by atoms with Gasteiger partial charge in [0, 0.05) is 12.6 Å². The van der Waals surface area contributed by atoms with Gasteiger partial charge >= 0.3 is 5.97 Å². The Kier molecular flexibility index (Phi) is 6.72. The molecule has 0 saturated heterocycles. The minimum atomic E-state index is -0.267. The Morgan fingerprint density at radius 2 is 1.94 bits per heavy atom. The third-order valence-electron chi connectivity index (χ3n) is 3.35. The predicted octanol–water partition coefficient (Wildman–Crippen LogP) is 0.976. The van der Waals surface area contributed by atoms with E-state index in [4.69, 9.17) is 0 Å². The van der Waals surface area contributed by atoms with Crippen molar-refractivity contribution in [1.82, 2.24) is 10.6 Å². The lowest BCUT2D eigenvalue weighted by Crippen LogP contribution is -2.47. The third kappa shape index (κ3) is 5.49. The summed E-state index contributed by atoms with van der Waals surface area (Å²) in [6.45, 7) is 2.28. The van der Waals surface area contributed by atoms with Gasteiger partial charge in [-0.05, 0) is 19.8 Å². The van der Waals surface area contributed by atoms with Gasteiger partial charge in [-0.1, -0.05) is 19.3 Å². The summed E-state index contributed by atoms with van der Waals surface area (Å²) in [5, 5.41) is 6.08. The van der Waals surface area contributed by atoms with Crippen molar-refractivity contribution in [1.29, 1.82) is 0 Å². The SMILES string of the molecule is COC(=O)CCNC(C)C(=O)NC1CCCCC1. The molecular weight excluding hydrogens is 232 g/mol. The number of carbonyl (C=O) groups excluding carboxylic acids is 2. The van der Waals surface area contributed by atoms with Gasteiger partial charge in [-0.15, -0.1) is 0 Å². The van der Waals surface area contributed by atoms with Crippen molar-refractivity contribution in [3.05, 3.63) is 0 Å². The minimum Gasteiger partial charge on any atom is -0.469 e. The summed E-state index contributed by atoms with van der Waals surface area (Å²) in [7, 11) is 1.36. The fraction of sp³-hybridized carbons (Fsp3) is 0.846. The van der Waals surface area contributed by atoms with Crippen LogP contribution in [-0.4, -0.2) is 37.6 Å². The van der Waals surface area contributed by atoms with Crippen LogP contribution in [0, 0.1) is 0 Å². The molecule has 5 heteroatoms. The van der Waals surface area contributed by atoms with Crippen LogP contribution in [0.5, 0.6) is 0 Å². The number of methoxy groups -OCH3 is 1. The number of esters is 1. The van der Waals surface area contributed by atoms with Crippen molar-refractivity contribution in [3.63, 3.8) is 0 Å². The van der Waals surface area contributed by atoms with Crippen LogP contribution >= 0.6 is 0 Å². The molecule has 1 saturated carbocycles. The Hall–Kier alpha value is -1.10. The van der Waals surface area contributed by atoms with Gasteiger partial charge in [-0.2, -0.15) is 0 Å². The maximum atomic E-state index is 11.9. The predicted molar refractivity (Wildman–Crippen MR) is 69.1 cm³/mol. The molecule has 1 rings (SSSR count). The van der Waals surface area contributed by atoms with Gasteiger partial charge in [0.1, 0.15) is 0 Å². The number of ether oxygens (including phenoxy) is 1. The van der Waals surface area contributed by atoms with E-state index in [1.165, 1.54) is 26.4 Å². The lowest BCUT2D eigenvalue weighted by molar-refractivity contribution is -0.140. The van der Waals surface area contributed by atoms with E-state index in [0.717, 1.165) is 12.8 Å². The molecule has 18 heavy (non-hydrogen) atoms. The Morgan fingerprint density at radius 3 is 2.56 bits per heavy atom. The van der Waals surface area contributed by atoms with Crippen LogP contribution in [0.15, 0.2) is 0 Å². The number of hydrogen-bond acceptors (Lipinski definition) is 4. The van der Waals surface area contributed by atoms with Crippen LogP contribution in [0.1, 0.15) is 45.4 Å². The standard InChI is InChI=1S/C13H24N2O3/c1-10(14-9-8-12(16)18-2)13(17)15-11-6-4-3-5-7-11/h10-11,14H,3-9H2,1-2H3,(H,15,17). The third-order valence-corrected chi connectivity index (χ3v) is 3.35. The van der Waals surface area contributed by atoms with Gasteiger partial charge < -0.3 is 15.4 Å². The topological polar surface area (TPSA) is 67.4 Å². The molecule has 1 fully saturated rings. The Morgan fingerprint density at radius 1 is 1.28 bits per heavy atom. The van der Waals surface area contributed by atoms with E-state index in [-0.39, 0.29) is 24.3 Å². The maximum Gasteiger partial charge on any atom is 0.306 e. The van der Waals surface area contributed by atoms with Crippen LogP contribution in [0.4, 0.5) is 0 Å². The van der Waals surface area contributed by atoms with E-state index in [1.54, 1.807) is 0 Å². The molecule has 0 bridgehead atoms. The van der Waals surface area contributed by atoms with E-state index in [1.807, 2.05) is 6.92 Å². The zero-order valence-electron chi connectivity index (χ0n) is 11.3. The van der Waals surface area contributed by atoms with Crippen LogP contribution in [-0.2, 0) is 14.3 Å². The highest BCUT2D eigenvalue weighted by molar-refractivity contribution is 5.81. The average Bonchev–Trinajstić information content (AvgIpc) is 2.39. The van der Waals surface area contributed by atoms with Crippen LogP contribution in [0.2, 0.25) is 0 Å². The quantitative estimate of drug-likeness (QED) is 0.695. The molecule has 0 aromatic rings. The fourth-order valence-corrected chi connectivity index (χ4v) is 2.16. The lowest BCUT2D eigenvalue weighted by Gasteiger charge is -2.24. The molecule has 0 aromatic carbocycles. The van der Waals surface area contributed by atoms with Crippen molar-refractivity contribution >= 4 is 11.9 Å². The normalized spacial score (nSPS) is 18.1. The molecule has 0 radical (unpaired) electrons. The van der Waals surface area contributed by atoms with Crippen molar-refractivity contribution in [3.8, 4) is 0 Å². The highest BCUT2D eigenvalue weighted by Gasteiger charge is 2.19. The molecule has 104 valence electrons. The van der Waals surface area contributed by atoms with Gasteiger partial charge in [0.15, 0.2) is 0 Å². The highest BCUT2D eigenvalue weighted by Crippen LogP contribution is 2.17. The zero-order chi connectivity index (χ0) is 13.4. The summed E-state index contributed by atoms with van der Waals surface area (Å²) in [4.78, 5) is 22.8. The van der Waals surface area contributed by atoms with E-state index in [0.29, 0.717) is 12.6 Å². The van der Waals surface area contributed by atoms with Gasteiger partial charge in [0.2, 0.25) is 5.91 Å². The number of hydrogen-bond donors (Lipinski definition) is 2. The van der Waals surface area contributed by atoms with Gasteiger partial charge in [0.25, 0.3) is 0 Å². The number of nitrogens with one attached hydrogen (secondary N) is 2. The highest BCUT2D eigenvalue weighted by atomic mass is 16.5. The smallest absolute Gasteiger partial charge is 0.306 e. The van der Waals surface area contributed by atoms with Crippen LogP contribution in [0.3, 0.4) is 0 Å². The Balaban J connectivity index is 2.17. The molecule has 1 unspecified atom stereocenters. The molecule has 0 heterocycles. The van der Waals surface area contributed by atoms with Gasteiger partial charge in [-0.3, -0.25) is 9.59 Å². The fourth-order valence-electron chi connectivity index (χ4n) is 2.16. The zero-order valence-corrected chi connectivity index (χ0v) is 11.3. The Labute approximate surface area is 109 Å². The summed E-state index contributed by atoms with van der Waals surface area (Å²) in [5.41, 5.74) is 0. The van der Waals surface area contributed by atoms with Gasteiger partial charge in [-0.25, -0.2) is 0 Å². The largest absolute Gasteiger partial charge is 0.469 e. The van der Waals surface area contributed by atoms with Crippen LogP contribution in [0.25, 0.3) is 0 Å². The van der Waals surface area contributed by atoms with Crippen molar-refractivity contribution in [2.45, 2.75) is 57.5 Å². The molecule has 0 spiro atoms. The van der Waals surface area contributed by atoms with Gasteiger partial charge in [0.05, 0.1) is 19.6 Å². The summed E-state index contributed by atoms with van der Waals surface area (Å²) >= 11 is 0. The molecule has 0 aliphatic heterocycles. The molecule has 1 aliphatic rings. The van der Waals surface area contributed by atoms with E-state index in [2.05, 4.69) is 15.4 Å².